The normalized spacial score (nSPS) is 12.9. The third kappa shape index (κ3) is 1.94. The third-order valence-electron chi connectivity index (χ3n) is 2.62. The van der Waals surface area contributed by atoms with Crippen LogP contribution in [0.1, 0.15) is 29.1 Å². The maximum atomic E-state index is 11.0. The standard InChI is InChI=1S/C11H11BrN2O3/c1-6(17-2)7-4-3-5-14-9(12)8(11(15)16)13-10(7)14/h3-6H,1-2H3,(H,15,16). The van der Waals surface area contributed by atoms with Crippen molar-refractivity contribution in [2.75, 3.05) is 7.11 Å². The number of hydrogen-bond acceptors (Lipinski definition) is 3. The van der Waals surface area contributed by atoms with Crippen LogP contribution in [-0.4, -0.2) is 27.6 Å². The lowest BCUT2D eigenvalue weighted by atomic mass is 10.2. The number of pyridine rings is 1. The summed E-state index contributed by atoms with van der Waals surface area (Å²) in [7, 11) is 1.60. The summed E-state index contributed by atoms with van der Waals surface area (Å²) < 4.78 is 7.36. The molecule has 0 saturated heterocycles. The van der Waals surface area contributed by atoms with Crippen LogP contribution in [0.2, 0.25) is 0 Å². The summed E-state index contributed by atoms with van der Waals surface area (Å²) in [5.74, 6) is -1.06. The number of carboxylic acid groups (broad SMARTS) is 1. The molecular weight excluding hydrogens is 288 g/mol. The molecule has 5 nitrogen and oxygen atoms in total. The molecule has 0 aliphatic rings. The molecular formula is C11H11BrN2O3. The van der Waals surface area contributed by atoms with Crippen LogP contribution in [0.15, 0.2) is 22.9 Å². The minimum absolute atomic E-state index is 0.000697. The Bertz CT molecular complexity index is 579. The second-order valence-corrected chi connectivity index (χ2v) is 4.34. The number of methoxy groups -OCH3 is 1. The van der Waals surface area contributed by atoms with Crippen LogP contribution in [0.3, 0.4) is 0 Å². The molecule has 2 aromatic rings. The summed E-state index contributed by atoms with van der Waals surface area (Å²) >= 11 is 3.24. The summed E-state index contributed by atoms with van der Waals surface area (Å²) in [6.45, 7) is 1.89. The number of carbonyl (C=O) groups is 1. The van der Waals surface area contributed by atoms with Crippen LogP contribution >= 0.6 is 15.9 Å². The molecule has 0 fully saturated rings. The molecule has 17 heavy (non-hydrogen) atoms. The third-order valence-corrected chi connectivity index (χ3v) is 3.37. The summed E-state index contributed by atoms with van der Waals surface area (Å²) in [5.41, 5.74) is 1.44. The van der Waals surface area contributed by atoms with E-state index in [1.165, 1.54) is 0 Å². The molecule has 1 atom stereocenters. The van der Waals surface area contributed by atoms with Gasteiger partial charge in [0, 0.05) is 18.9 Å². The van der Waals surface area contributed by atoms with Gasteiger partial charge in [0.1, 0.15) is 10.3 Å². The van der Waals surface area contributed by atoms with Crippen molar-refractivity contribution in [3.63, 3.8) is 0 Å². The molecule has 2 rings (SSSR count). The first-order valence-electron chi connectivity index (χ1n) is 4.98. The van der Waals surface area contributed by atoms with Crippen molar-refractivity contribution >= 4 is 27.5 Å². The molecule has 0 aromatic carbocycles. The summed E-state index contributed by atoms with van der Waals surface area (Å²) in [4.78, 5) is 15.1. The van der Waals surface area contributed by atoms with E-state index < -0.39 is 5.97 Å². The van der Waals surface area contributed by atoms with Gasteiger partial charge in [0.25, 0.3) is 0 Å². The van der Waals surface area contributed by atoms with E-state index in [9.17, 15) is 4.79 Å². The van der Waals surface area contributed by atoms with Crippen LogP contribution in [0, 0.1) is 0 Å². The molecule has 0 aliphatic carbocycles. The van der Waals surface area contributed by atoms with Gasteiger partial charge >= 0.3 is 5.97 Å². The number of imidazole rings is 1. The van der Waals surface area contributed by atoms with E-state index in [4.69, 9.17) is 9.84 Å². The van der Waals surface area contributed by atoms with E-state index in [-0.39, 0.29) is 11.8 Å². The van der Waals surface area contributed by atoms with E-state index in [0.717, 1.165) is 5.56 Å². The van der Waals surface area contributed by atoms with Gasteiger partial charge in [0.2, 0.25) is 0 Å². The van der Waals surface area contributed by atoms with Crippen LogP contribution in [0.4, 0.5) is 0 Å². The van der Waals surface area contributed by atoms with E-state index >= 15 is 0 Å². The fraction of sp³-hybridized carbons (Fsp3) is 0.273. The van der Waals surface area contributed by atoms with Crippen LogP contribution < -0.4 is 0 Å². The number of ether oxygens (including phenoxy) is 1. The van der Waals surface area contributed by atoms with Gasteiger partial charge < -0.3 is 9.84 Å². The van der Waals surface area contributed by atoms with Gasteiger partial charge in [-0.15, -0.1) is 0 Å². The minimum atomic E-state index is -1.06. The van der Waals surface area contributed by atoms with Crippen molar-refractivity contribution < 1.29 is 14.6 Å². The topological polar surface area (TPSA) is 63.8 Å². The Morgan fingerprint density at radius 2 is 2.35 bits per heavy atom. The highest BCUT2D eigenvalue weighted by Crippen LogP contribution is 2.25. The summed E-state index contributed by atoms with van der Waals surface area (Å²) in [6, 6.07) is 3.70. The fourth-order valence-electron chi connectivity index (χ4n) is 1.64. The van der Waals surface area contributed by atoms with Crippen LogP contribution in [-0.2, 0) is 4.74 Å². The fourth-order valence-corrected chi connectivity index (χ4v) is 2.18. The zero-order valence-corrected chi connectivity index (χ0v) is 10.9. The predicted molar refractivity (Wildman–Crippen MR) is 65.3 cm³/mol. The summed E-state index contributed by atoms with van der Waals surface area (Å²) in [5, 5.41) is 9.02. The number of carboxylic acids is 1. The Labute approximate surface area is 106 Å². The van der Waals surface area contributed by atoms with Crippen LogP contribution in [0.5, 0.6) is 0 Å². The molecule has 2 aromatic heterocycles. The van der Waals surface area contributed by atoms with Gasteiger partial charge in [-0.25, -0.2) is 9.78 Å². The number of halogens is 1. The van der Waals surface area contributed by atoms with E-state index in [2.05, 4.69) is 20.9 Å². The van der Waals surface area contributed by atoms with Gasteiger partial charge in [-0.3, -0.25) is 4.40 Å². The smallest absolute Gasteiger partial charge is 0.357 e. The molecule has 0 spiro atoms. The number of nitrogens with zero attached hydrogens (tertiary/aromatic N) is 2. The van der Waals surface area contributed by atoms with Crippen molar-refractivity contribution in [1.29, 1.82) is 0 Å². The number of aromatic nitrogens is 2. The Hall–Kier alpha value is -1.40. The lowest BCUT2D eigenvalue weighted by Gasteiger charge is -2.10. The predicted octanol–water partition coefficient (Wildman–Crippen LogP) is 2.50. The van der Waals surface area contributed by atoms with Crippen molar-refractivity contribution in [1.82, 2.24) is 9.38 Å². The molecule has 90 valence electrons. The van der Waals surface area contributed by atoms with Gasteiger partial charge in [-0.05, 0) is 28.9 Å². The average molecular weight is 299 g/mol. The highest BCUT2D eigenvalue weighted by Gasteiger charge is 2.19. The summed E-state index contributed by atoms with van der Waals surface area (Å²) in [6.07, 6.45) is 1.61. The van der Waals surface area contributed by atoms with Gasteiger partial charge in [0.05, 0.1) is 6.10 Å². The lowest BCUT2D eigenvalue weighted by molar-refractivity contribution is 0.0690. The van der Waals surface area contributed by atoms with Gasteiger partial charge in [-0.1, -0.05) is 6.07 Å². The second kappa shape index (κ2) is 4.46. The zero-order valence-electron chi connectivity index (χ0n) is 9.35. The van der Waals surface area contributed by atoms with Crippen molar-refractivity contribution in [3.8, 4) is 0 Å². The van der Waals surface area contributed by atoms with E-state index in [1.807, 2.05) is 19.1 Å². The highest BCUT2D eigenvalue weighted by molar-refractivity contribution is 9.10. The number of aromatic carboxylic acids is 1. The van der Waals surface area contributed by atoms with E-state index in [1.54, 1.807) is 17.7 Å². The molecule has 0 saturated carbocycles. The van der Waals surface area contributed by atoms with Crippen molar-refractivity contribution in [3.05, 3.63) is 34.2 Å². The second-order valence-electron chi connectivity index (χ2n) is 3.59. The maximum Gasteiger partial charge on any atom is 0.357 e. The molecule has 1 N–H and O–H groups in total. The molecule has 0 aliphatic heterocycles. The molecule has 0 amide bonds. The average Bonchev–Trinajstić information content (AvgIpc) is 2.66. The quantitative estimate of drug-likeness (QED) is 0.945. The first kappa shape index (κ1) is 12.1. The Morgan fingerprint density at radius 3 is 2.94 bits per heavy atom. The first-order valence-corrected chi connectivity index (χ1v) is 5.78. The Balaban J connectivity index is 2.73. The Kier molecular flexibility index (Phi) is 3.17. The van der Waals surface area contributed by atoms with E-state index in [0.29, 0.717) is 10.3 Å². The maximum absolute atomic E-state index is 11.0. The Morgan fingerprint density at radius 1 is 1.65 bits per heavy atom. The molecule has 1 unspecified atom stereocenters. The molecule has 6 heteroatoms. The number of hydrogen-bond donors (Lipinski definition) is 1. The molecule has 0 bridgehead atoms. The number of fused-ring (bicyclic) bond motifs is 1. The monoisotopic (exact) mass is 298 g/mol. The SMILES string of the molecule is COC(C)c1cccn2c(Br)c(C(=O)O)nc12. The lowest BCUT2D eigenvalue weighted by Crippen LogP contribution is -1.99. The highest BCUT2D eigenvalue weighted by atomic mass is 79.9. The zero-order chi connectivity index (χ0) is 12.6. The van der Waals surface area contributed by atoms with Crippen molar-refractivity contribution in [2.24, 2.45) is 0 Å². The first-order chi connectivity index (χ1) is 8.06. The minimum Gasteiger partial charge on any atom is -0.476 e. The number of rotatable bonds is 3. The van der Waals surface area contributed by atoms with Gasteiger partial charge in [0.15, 0.2) is 5.69 Å². The van der Waals surface area contributed by atoms with Crippen molar-refractivity contribution in [2.45, 2.75) is 13.0 Å². The van der Waals surface area contributed by atoms with Gasteiger partial charge in [-0.2, -0.15) is 0 Å². The molecule has 0 radical (unpaired) electrons. The molecule has 2 heterocycles. The van der Waals surface area contributed by atoms with Crippen LogP contribution in [0.25, 0.3) is 5.65 Å². The largest absolute Gasteiger partial charge is 0.476 e.